The summed E-state index contributed by atoms with van der Waals surface area (Å²) < 4.78 is 76.6. The van der Waals surface area contributed by atoms with Crippen LogP contribution in [0.5, 0.6) is 5.75 Å². The van der Waals surface area contributed by atoms with E-state index < -0.39 is 36.0 Å². The minimum Gasteiger partial charge on any atom is -0.406 e. The molecule has 0 spiro atoms. The molecule has 0 unspecified atom stereocenters. The summed E-state index contributed by atoms with van der Waals surface area (Å²) in [6.07, 6.45) is -9.87. The van der Waals surface area contributed by atoms with Crippen molar-refractivity contribution in [1.82, 2.24) is 15.2 Å². The van der Waals surface area contributed by atoms with Crippen LogP contribution in [-0.4, -0.2) is 27.5 Å². The second kappa shape index (κ2) is 6.37. The molecule has 12 heteroatoms. The van der Waals surface area contributed by atoms with Crippen molar-refractivity contribution in [2.24, 2.45) is 0 Å². The lowest BCUT2D eigenvalue weighted by molar-refractivity contribution is -0.274. The number of hydrogen-bond acceptors (Lipinski definition) is 4. The average Bonchev–Trinajstić information content (AvgIpc) is 2.87. The predicted octanol–water partition coefficient (Wildman–Crippen LogP) is 2.90. The minimum atomic E-state index is -4.83. The summed E-state index contributed by atoms with van der Waals surface area (Å²) >= 11 is 0. The Morgan fingerprint density at radius 2 is 1.75 bits per heavy atom. The van der Waals surface area contributed by atoms with Gasteiger partial charge in [-0.15, -0.1) is 18.3 Å². The molecule has 6 nitrogen and oxygen atoms in total. The zero-order valence-corrected chi connectivity index (χ0v) is 11.5. The number of aromatic nitrogens is 3. The Bertz CT molecular complexity index is 708. The molecule has 2 aromatic rings. The predicted molar refractivity (Wildman–Crippen MR) is 66.8 cm³/mol. The second-order valence-electron chi connectivity index (χ2n) is 4.42. The van der Waals surface area contributed by atoms with E-state index in [0.717, 1.165) is 12.1 Å². The third-order valence-corrected chi connectivity index (χ3v) is 2.53. The molecular formula is C12H8F6N4O2. The lowest BCUT2D eigenvalue weighted by Crippen LogP contribution is -2.17. The van der Waals surface area contributed by atoms with Crippen molar-refractivity contribution in [3.05, 3.63) is 35.7 Å². The fraction of sp³-hybridized carbons (Fsp3) is 0.250. The van der Waals surface area contributed by atoms with Crippen molar-refractivity contribution in [1.29, 1.82) is 0 Å². The molecule has 130 valence electrons. The van der Waals surface area contributed by atoms with Gasteiger partial charge in [0.1, 0.15) is 5.75 Å². The molecule has 1 heterocycles. The molecule has 0 saturated carbocycles. The van der Waals surface area contributed by atoms with Gasteiger partial charge in [-0.05, 0) is 17.7 Å². The fourth-order valence-corrected chi connectivity index (χ4v) is 1.61. The van der Waals surface area contributed by atoms with E-state index in [1.807, 2.05) is 5.32 Å². The number of ether oxygens (including phenoxy) is 1. The number of amides is 1. The van der Waals surface area contributed by atoms with Gasteiger partial charge in [0, 0.05) is 0 Å². The van der Waals surface area contributed by atoms with Crippen LogP contribution in [0.15, 0.2) is 24.3 Å². The first kappa shape index (κ1) is 17.6. The summed E-state index contributed by atoms with van der Waals surface area (Å²) in [4.78, 5) is 14.7. The van der Waals surface area contributed by atoms with Crippen LogP contribution in [0, 0.1) is 0 Å². The second-order valence-corrected chi connectivity index (χ2v) is 4.42. The van der Waals surface area contributed by atoms with Crippen molar-refractivity contribution in [2.75, 3.05) is 5.32 Å². The zero-order valence-electron chi connectivity index (χ0n) is 11.5. The first-order chi connectivity index (χ1) is 11.0. The quantitative estimate of drug-likeness (QED) is 0.828. The van der Waals surface area contributed by atoms with Crippen LogP contribution in [0.3, 0.4) is 0 Å². The number of carbonyl (C=O) groups is 1. The topological polar surface area (TPSA) is 79.9 Å². The number of benzene rings is 1. The number of anilines is 1. The summed E-state index contributed by atoms with van der Waals surface area (Å²) in [5.41, 5.74) is 0.314. The standard InChI is InChI=1S/C12H8F6N4O2/c13-11(14,15)9-20-10(22-21-9)19-8(23)5-6-1-3-7(4-2-6)24-12(16,17)18/h1-4H,5H2,(H2,19,20,21,22,23). The average molecular weight is 354 g/mol. The molecule has 2 rings (SSSR count). The highest BCUT2D eigenvalue weighted by Crippen LogP contribution is 2.26. The van der Waals surface area contributed by atoms with Gasteiger partial charge in [-0.1, -0.05) is 12.1 Å². The Labute approximate surface area is 129 Å². The van der Waals surface area contributed by atoms with Gasteiger partial charge < -0.3 is 4.74 Å². The molecule has 1 aromatic carbocycles. The van der Waals surface area contributed by atoms with Crippen LogP contribution in [0.25, 0.3) is 0 Å². The van der Waals surface area contributed by atoms with E-state index in [1.54, 1.807) is 5.10 Å². The number of aromatic amines is 1. The molecule has 24 heavy (non-hydrogen) atoms. The number of nitrogens with zero attached hydrogens (tertiary/aromatic N) is 2. The number of hydrogen-bond donors (Lipinski definition) is 2. The van der Waals surface area contributed by atoms with Crippen molar-refractivity contribution >= 4 is 11.9 Å². The zero-order chi connectivity index (χ0) is 18.0. The fourth-order valence-electron chi connectivity index (χ4n) is 1.61. The van der Waals surface area contributed by atoms with Crippen LogP contribution < -0.4 is 10.1 Å². The monoisotopic (exact) mass is 354 g/mol. The van der Waals surface area contributed by atoms with Crippen LogP contribution >= 0.6 is 0 Å². The van der Waals surface area contributed by atoms with E-state index in [-0.39, 0.29) is 6.42 Å². The Morgan fingerprint density at radius 3 is 2.25 bits per heavy atom. The van der Waals surface area contributed by atoms with E-state index >= 15 is 0 Å². The van der Waals surface area contributed by atoms with Crippen LogP contribution in [0.2, 0.25) is 0 Å². The molecule has 0 saturated heterocycles. The number of halogens is 6. The molecule has 2 N–H and O–H groups in total. The Balaban J connectivity index is 1.94. The normalized spacial score (nSPS) is 12.1. The smallest absolute Gasteiger partial charge is 0.406 e. The number of nitrogens with one attached hydrogen (secondary N) is 2. The van der Waals surface area contributed by atoms with Crippen LogP contribution in [0.4, 0.5) is 32.3 Å². The first-order valence-electron chi connectivity index (χ1n) is 6.17. The molecule has 1 amide bonds. The number of H-pyrrole nitrogens is 1. The first-order valence-corrected chi connectivity index (χ1v) is 6.17. The van der Waals surface area contributed by atoms with Gasteiger partial charge in [0.2, 0.25) is 17.7 Å². The van der Waals surface area contributed by atoms with Gasteiger partial charge in [0.15, 0.2) is 0 Å². The van der Waals surface area contributed by atoms with E-state index in [2.05, 4.69) is 14.8 Å². The van der Waals surface area contributed by atoms with Crippen LogP contribution in [0.1, 0.15) is 11.4 Å². The van der Waals surface area contributed by atoms with E-state index in [0.29, 0.717) is 5.56 Å². The highest BCUT2D eigenvalue weighted by molar-refractivity contribution is 5.90. The van der Waals surface area contributed by atoms with Crippen molar-refractivity contribution in [2.45, 2.75) is 19.0 Å². The molecule has 0 atom stereocenters. The molecule has 0 bridgehead atoms. The summed E-state index contributed by atoms with van der Waals surface area (Å²) in [6.45, 7) is 0. The molecule has 0 radical (unpaired) electrons. The van der Waals surface area contributed by atoms with Gasteiger partial charge in [-0.2, -0.15) is 18.2 Å². The molecule has 1 aromatic heterocycles. The third kappa shape index (κ3) is 5.14. The lowest BCUT2D eigenvalue weighted by atomic mass is 10.1. The maximum absolute atomic E-state index is 12.3. The minimum absolute atomic E-state index is 0.303. The number of rotatable bonds is 4. The van der Waals surface area contributed by atoms with Crippen molar-refractivity contribution in [3.63, 3.8) is 0 Å². The van der Waals surface area contributed by atoms with Gasteiger partial charge in [0.25, 0.3) is 0 Å². The maximum atomic E-state index is 12.3. The number of alkyl halides is 6. The van der Waals surface area contributed by atoms with Crippen molar-refractivity contribution < 1.29 is 35.9 Å². The largest absolute Gasteiger partial charge is 0.573 e. The van der Waals surface area contributed by atoms with Gasteiger partial charge in [-0.3, -0.25) is 15.2 Å². The summed E-state index contributed by atoms with van der Waals surface area (Å²) in [7, 11) is 0. The van der Waals surface area contributed by atoms with Gasteiger partial charge in [0.05, 0.1) is 6.42 Å². The molecule has 0 aliphatic rings. The van der Waals surface area contributed by atoms with E-state index in [1.165, 1.54) is 12.1 Å². The SMILES string of the molecule is O=C(Cc1ccc(OC(F)(F)F)cc1)Nc1n[nH]c(C(F)(F)F)n1. The van der Waals surface area contributed by atoms with Gasteiger partial charge >= 0.3 is 12.5 Å². The van der Waals surface area contributed by atoms with E-state index in [9.17, 15) is 31.1 Å². The highest BCUT2D eigenvalue weighted by Gasteiger charge is 2.35. The molecule has 0 aliphatic carbocycles. The summed E-state index contributed by atoms with van der Waals surface area (Å²) in [5, 5.41) is 6.84. The molecule has 0 aliphatic heterocycles. The van der Waals surface area contributed by atoms with E-state index in [4.69, 9.17) is 0 Å². The Morgan fingerprint density at radius 1 is 1.12 bits per heavy atom. The summed E-state index contributed by atoms with van der Waals surface area (Å²) in [5.74, 6) is -3.14. The third-order valence-electron chi connectivity index (χ3n) is 2.53. The van der Waals surface area contributed by atoms with Crippen molar-refractivity contribution in [3.8, 4) is 5.75 Å². The van der Waals surface area contributed by atoms with Gasteiger partial charge in [-0.25, -0.2) is 0 Å². The maximum Gasteiger partial charge on any atom is 0.573 e. The lowest BCUT2D eigenvalue weighted by Gasteiger charge is -2.09. The Hall–Kier alpha value is -2.79. The molecular weight excluding hydrogens is 346 g/mol. The van der Waals surface area contributed by atoms with Crippen LogP contribution in [-0.2, 0) is 17.4 Å². The number of carbonyl (C=O) groups excluding carboxylic acids is 1. The Kier molecular flexibility index (Phi) is 4.66. The highest BCUT2D eigenvalue weighted by atomic mass is 19.4. The summed E-state index contributed by atoms with van der Waals surface area (Å²) in [6, 6.07) is 4.43. The molecule has 0 fully saturated rings.